The number of hydrogen-bond acceptors (Lipinski definition) is 4. The summed E-state index contributed by atoms with van der Waals surface area (Å²) < 4.78 is 4.74. The molecule has 1 amide bonds. The number of benzene rings is 2. The van der Waals surface area contributed by atoms with Crippen molar-refractivity contribution in [3.05, 3.63) is 94.8 Å². The quantitative estimate of drug-likeness (QED) is 0.449. The minimum absolute atomic E-state index is 0.150. The summed E-state index contributed by atoms with van der Waals surface area (Å²) in [6.07, 6.45) is 5.65. The molecule has 2 heterocycles. The third kappa shape index (κ3) is 4.53. The summed E-state index contributed by atoms with van der Waals surface area (Å²) in [5, 5.41) is 3.76. The van der Waals surface area contributed by atoms with Gasteiger partial charge in [-0.05, 0) is 60.0 Å². The normalized spacial score (nSPS) is 11.0. The summed E-state index contributed by atoms with van der Waals surface area (Å²) >= 11 is 0. The van der Waals surface area contributed by atoms with E-state index in [2.05, 4.69) is 15.3 Å². The van der Waals surface area contributed by atoms with Crippen LogP contribution >= 0.6 is 0 Å². The average Bonchev–Trinajstić information content (AvgIpc) is 3.23. The number of aromatic amines is 1. The van der Waals surface area contributed by atoms with Gasteiger partial charge in [-0.3, -0.25) is 4.79 Å². The maximum atomic E-state index is 12.4. The van der Waals surface area contributed by atoms with Crippen molar-refractivity contribution in [3.63, 3.8) is 0 Å². The van der Waals surface area contributed by atoms with E-state index in [4.69, 9.17) is 4.74 Å². The molecule has 2 aromatic carbocycles. The summed E-state index contributed by atoms with van der Waals surface area (Å²) in [6.45, 7) is 2.01. The van der Waals surface area contributed by atoms with Gasteiger partial charge in [-0.2, -0.15) is 0 Å². The lowest BCUT2D eigenvalue weighted by atomic mass is 10.1. The molecule has 0 aliphatic rings. The van der Waals surface area contributed by atoms with Gasteiger partial charge in [0.05, 0.1) is 7.11 Å². The Morgan fingerprint density at radius 3 is 2.61 bits per heavy atom. The number of amides is 1. The highest BCUT2D eigenvalue weighted by Crippen LogP contribution is 2.21. The van der Waals surface area contributed by atoms with Gasteiger partial charge < -0.3 is 15.0 Å². The monoisotopic (exact) mass is 411 g/mol. The molecule has 0 spiro atoms. The zero-order valence-corrected chi connectivity index (χ0v) is 17.2. The van der Waals surface area contributed by atoms with Crippen molar-refractivity contribution in [1.82, 2.24) is 9.97 Å². The molecule has 0 radical (unpaired) electrons. The first kappa shape index (κ1) is 20.1. The standard InChI is InChI=1S/C25H21N3O3/c1-16-8-11-21(27-24(29)18-6-4-3-5-7-18)13-19(16)10-9-17-12-20-14-22(25(30)31-2)28-23(20)26-15-17/h3-15H,1-2H3,(H,26,28)(H,27,29). The van der Waals surface area contributed by atoms with Crippen LogP contribution in [-0.4, -0.2) is 29.0 Å². The largest absolute Gasteiger partial charge is 0.464 e. The number of aryl methyl sites for hydroxylation is 1. The van der Waals surface area contributed by atoms with E-state index in [9.17, 15) is 9.59 Å². The molecule has 0 atom stereocenters. The van der Waals surface area contributed by atoms with Crippen LogP contribution in [0, 0.1) is 6.92 Å². The number of nitrogens with one attached hydrogen (secondary N) is 2. The second-order valence-corrected chi connectivity index (χ2v) is 7.11. The molecule has 154 valence electrons. The zero-order valence-electron chi connectivity index (χ0n) is 17.2. The maximum absolute atomic E-state index is 12.4. The van der Waals surface area contributed by atoms with Crippen LogP contribution in [0.25, 0.3) is 23.2 Å². The first-order valence-electron chi connectivity index (χ1n) is 9.76. The minimum Gasteiger partial charge on any atom is -0.464 e. The van der Waals surface area contributed by atoms with Crippen molar-refractivity contribution in [2.75, 3.05) is 12.4 Å². The van der Waals surface area contributed by atoms with Gasteiger partial charge in [-0.15, -0.1) is 0 Å². The first-order valence-corrected chi connectivity index (χ1v) is 9.76. The Balaban J connectivity index is 1.55. The number of carbonyl (C=O) groups is 2. The number of rotatable bonds is 5. The smallest absolute Gasteiger partial charge is 0.354 e. The molecule has 6 nitrogen and oxygen atoms in total. The lowest BCUT2D eigenvalue weighted by Crippen LogP contribution is -2.11. The highest BCUT2D eigenvalue weighted by Gasteiger charge is 2.10. The average molecular weight is 411 g/mol. The number of pyridine rings is 1. The van der Waals surface area contributed by atoms with Gasteiger partial charge >= 0.3 is 5.97 Å². The molecule has 4 aromatic rings. The Bertz CT molecular complexity index is 1290. The number of hydrogen-bond donors (Lipinski definition) is 2. The molecule has 2 N–H and O–H groups in total. The number of nitrogens with zero attached hydrogens (tertiary/aromatic N) is 1. The predicted octanol–water partition coefficient (Wildman–Crippen LogP) is 5.08. The lowest BCUT2D eigenvalue weighted by molar-refractivity contribution is 0.0595. The summed E-state index contributed by atoms with van der Waals surface area (Å²) in [6, 6.07) is 18.6. The molecule has 0 bridgehead atoms. The Morgan fingerprint density at radius 2 is 1.84 bits per heavy atom. The van der Waals surface area contributed by atoms with Gasteiger partial charge in [0.25, 0.3) is 5.91 Å². The topological polar surface area (TPSA) is 84.1 Å². The number of carbonyl (C=O) groups excluding carboxylic acids is 2. The van der Waals surface area contributed by atoms with E-state index in [1.54, 1.807) is 24.4 Å². The van der Waals surface area contributed by atoms with Crippen molar-refractivity contribution in [2.24, 2.45) is 0 Å². The number of ether oxygens (including phenoxy) is 1. The van der Waals surface area contributed by atoms with Gasteiger partial charge in [0.15, 0.2) is 0 Å². The summed E-state index contributed by atoms with van der Waals surface area (Å²) in [5.41, 5.74) is 5.27. The van der Waals surface area contributed by atoms with Gasteiger partial charge in [-0.1, -0.05) is 36.4 Å². The fourth-order valence-corrected chi connectivity index (χ4v) is 3.22. The predicted molar refractivity (Wildman–Crippen MR) is 122 cm³/mol. The molecular weight excluding hydrogens is 390 g/mol. The maximum Gasteiger partial charge on any atom is 0.354 e. The van der Waals surface area contributed by atoms with E-state index in [-0.39, 0.29) is 5.91 Å². The molecule has 4 rings (SSSR count). The van der Waals surface area contributed by atoms with Crippen LogP contribution < -0.4 is 5.32 Å². The van der Waals surface area contributed by atoms with Crippen molar-refractivity contribution >= 4 is 40.7 Å². The fourth-order valence-electron chi connectivity index (χ4n) is 3.22. The van der Waals surface area contributed by atoms with E-state index in [1.807, 2.05) is 61.5 Å². The third-order valence-corrected chi connectivity index (χ3v) is 4.92. The van der Waals surface area contributed by atoms with Crippen LogP contribution in [0.15, 0.2) is 66.9 Å². The Labute approximate surface area is 179 Å². The van der Waals surface area contributed by atoms with Crippen molar-refractivity contribution < 1.29 is 14.3 Å². The van der Waals surface area contributed by atoms with Crippen LogP contribution in [0.3, 0.4) is 0 Å². The van der Waals surface area contributed by atoms with Gasteiger partial charge in [0, 0.05) is 22.8 Å². The Hall–Kier alpha value is -4.19. The van der Waals surface area contributed by atoms with Crippen LogP contribution in [-0.2, 0) is 4.74 Å². The highest BCUT2D eigenvalue weighted by molar-refractivity contribution is 6.04. The molecule has 0 saturated carbocycles. The fraction of sp³-hybridized carbons (Fsp3) is 0.0800. The van der Waals surface area contributed by atoms with Crippen LogP contribution in [0.1, 0.15) is 37.5 Å². The van der Waals surface area contributed by atoms with E-state index < -0.39 is 5.97 Å². The molecule has 2 aromatic heterocycles. The SMILES string of the molecule is COC(=O)c1cc2cc(C=Cc3cc(NC(=O)c4ccccc4)ccc3C)cnc2[nH]1. The minimum atomic E-state index is -0.430. The molecule has 31 heavy (non-hydrogen) atoms. The van der Waals surface area contributed by atoms with Gasteiger partial charge in [-0.25, -0.2) is 9.78 Å². The molecule has 6 heteroatoms. The summed E-state index contributed by atoms with van der Waals surface area (Å²) in [5.74, 6) is -0.581. The van der Waals surface area contributed by atoms with E-state index in [0.29, 0.717) is 16.9 Å². The molecular formula is C25H21N3O3. The first-order chi connectivity index (χ1) is 15.0. The van der Waals surface area contributed by atoms with Crippen molar-refractivity contribution in [3.8, 4) is 0 Å². The van der Waals surface area contributed by atoms with Crippen LogP contribution in [0.5, 0.6) is 0 Å². The van der Waals surface area contributed by atoms with E-state index in [1.165, 1.54) is 7.11 Å². The zero-order chi connectivity index (χ0) is 21.8. The summed E-state index contributed by atoms with van der Waals surface area (Å²) in [4.78, 5) is 31.4. The van der Waals surface area contributed by atoms with Crippen molar-refractivity contribution in [2.45, 2.75) is 6.92 Å². The molecule has 0 unspecified atom stereocenters. The van der Waals surface area contributed by atoms with Crippen LogP contribution in [0.2, 0.25) is 0 Å². The number of aromatic nitrogens is 2. The van der Waals surface area contributed by atoms with E-state index >= 15 is 0 Å². The van der Waals surface area contributed by atoms with Crippen LogP contribution in [0.4, 0.5) is 5.69 Å². The van der Waals surface area contributed by atoms with Crippen molar-refractivity contribution in [1.29, 1.82) is 0 Å². The second-order valence-electron chi connectivity index (χ2n) is 7.11. The Morgan fingerprint density at radius 1 is 1.03 bits per heavy atom. The lowest BCUT2D eigenvalue weighted by Gasteiger charge is -2.08. The third-order valence-electron chi connectivity index (χ3n) is 4.92. The molecule has 0 fully saturated rings. The second kappa shape index (κ2) is 8.67. The van der Waals surface area contributed by atoms with Gasteiger partial charge in [0.2, 0.25) is 0 Å². The molecule has 0 saturated heterocycles. The summed E-state index contributed by atoms with van der Waals surface area (Å²) in [7, 11) is 1.34. The number of esters is 1. The number of H-pyrrole nitrogens is 1. The number of methoxy groups -OCH3 is 1. The highest BCUT2D eigenvalue weighted by atomic mass is 16.5. The number of anilines is 1. The molecule has 0 aliphatic carbocycles. The number of fused-ring (bicyclic) bond motifs is 1. The van der Waals surface area contributed by atoms with E-state index in [0.717, 1.165) is 27.8 Å². The Kier molecular flexibility index (Phi) is 5.62. The molecule has 0 aliphatic heterocycles. The van der Waals surface area contributed by atoms with Gasteiger partial charge in [0.1, 0.15) is 11.3 Å².